The SMILES string of the molecule is CCCCCC1CC(C)=C(C)CN1Cc1ccccc1. The summed E-state index contributed by atoms with van der Waals surface area (Å²) < 4.78 is 0. The smallest absolute Gasteiger partial charge is 0.0240 e. The summed E-state index contributed by atoms with van der Waals surface area (Å²) in [6, 6.07) is 11.7. The first kappa shape index (κ1) is 15.3. The van der Waals surface area contributed by atoms with Crippen LogP contribution >= 0.6 is 0 Å². The number of hydrogen-bond donors (Lipinski definition) is 0. The summed E-state index contributed by atoms with van der Waals surface area (Å²) in [6.45, 7) is 9.16. The van der Waals surface area contributed by atoms with E-state index >= 15 is 0 Å². The van der Waals surface area contributed by atoms with Crippen molar-refractivity contribution < 1.29 is 0 Å². The third kappa shape index (κ3) is 4.21. The van der Waals surface area contributed by atoms with Crippen LogP contribution in [0.15, 0.2) is 41.5 Å². The van der Waals surface area contributed by atoms with Crippen molar-refractivity contribution in [3.63, 3.8) is 0 Å². The van der Waals surface area contributed by atoms with E-state index in [1.165, 1.54) is 37.7 Å². The summed E-state index contributed by atoms with van der Waals surface area (Å²) in [4.78, 5) is 2.69. The van der Waals surface area contributed by atoms with E-state index in [1.807, 2.05) is 0 Å². The van der Waals surface area contributed by atoms with Crippen molar-refractivity contribution in [2.24, 2.45) is 0 Å². The molecule has 20 heavy (non-hydrogen) atoms. The predicted molar refractivity (Wildman–Crippen MR) is 87.8 cm³/mol. The predicted octanol–water partition coefficient (Wildman–Crippen LogP) is 5.18. The third-order valence-electron chi connectivity index (χ3n) is 4.60. The van der Waals surface area contributed by atoms with Crippen molar-refractivity contribution in [1.29, 1.82) is 0 Å². The van der Waals surface area contributed by atoms with Crippen molar-refractivity contribution in [1.82, 2.24) is 4.90 Å². The maximum Gasteiger partial charge on any atom is 0.0240 e. The molecule has 1 atom stereocenters. The Labute approximate surface area is 124 Å². The normalized spacial score (nSPS) is 20.4. The number of rotatable bonds is 6. The van der Waals surface area contributed by atoms with Crippen LogP contribution in [-0.4, -0.2) is 17.5 Å². The summed E-state index contributed by atoms with van der Waals surface area (Å²) >= 11 is 0. The molecular formula is C19H29N. The fourth-order valence-corrected chi connectivity index (χ4v) is 3.14. The summed E-state index contributed by atoms with van der Waals surface area (Å²) in [5.74, 6) is 0. The van der Waals surface area contributed by atoms with Crippen LogP contribution < -0.4 is 0 Å². The fourth-order valence-electron chi connectivity index (χ4n) is 3.14. The first-order valence-corrected chi connectivity index (χ1v) is 8.14. The molecule has 0 bridgehead atoms. The molecule has 1 aliphatic heterocycles. The van der Waals surface area contributed by atoms with Gasteiger partial charge >= 0.3 is 0 Å². The van der Waals surface area contributed by atoms with E-state index < -0.39 is 0 Å². The van der Waals surface area contributed by atoms with Crippen molar-refractivity contribution in [3.8, 4) is 0 Å². The van der Waals surface area contributed by atoms with Gasteiger partial charge in [-0.3, -0.25) is 4.90 Å². The maximum atomic E-state index is 2.69. The minimum Gasteiger partial charge on any atom is -0.292 e. The van der Waals surface area contributed by atoms with Gasteiger partial charge in [0, 0.05) is 19.1 Å². The standard InChI is InChI=1S/C19H29N/c1-4-5-7-12-19-13-16(2)17(3)14-20(19)15-18-10-8-6-9-11-18/h6,8-11,19H,4-5,7,12-15H2,1-3H3. The van der Waals surface area contributed by atoms with Crippen molar-refractivity contribution in [3.05, 3.63) is 47.0 Å². The van der Waals surface area contributed by atoms with Gasteiger partial charge in [0.1, 0.15) is 0 Å². The molecule has 1 unspecified atom stereocenters. The zero-order chi connectivity index (χ0) is 14.4. The minimum absolute atomic E-state index is 0.741. The molecule has 0 fully saturated rings. The second-order valence-corrected chi connectivity index (χ2v) is 6.30. The fraction of sp³-hybridized carbons (Fsp3) is 0.579. The molecule has 0 aromatic heterocycles. The van der Waals surface area contributed by atoms with E-state index in [0.29, 0.717) is 0 Å². The number of nitrogens with zero attached hydrogens (tertiary/aromatic N) is 1. The first-order valence-electron chi connectivity index (χ1n) is 8.14. The maximum absolute atomic E-state index is 2.69. The Morgan fingerprint density at radius 3 is 2.50 bits per heavy atom. The van der Waals surface area contributed by atoms with E-state index in [0.717, 1.165) is 19.1 Å². The highest BCUT2D eigenvalue weighted by molar-refractivity contribution is 5.19. The van der Waals surface area contributed by atoms with Crippen LogP contribution in [0, 0.1) is 0 Å². The van der Waals surface area contributed by atoms with Crippen LogP contribution in [0.3, 0.4) is 0 Å². The molecule has 1 heteroatoms. The average Bonchev–Trinajstić information content (AvgIpc) is 2.45. The molecular weight excluding hydrogens is 242 g/mol. The van der Waals surface area contributed by atoms with Crippen LogP contribution in [0.25, 0.3) is 0 Å². The van der Waals surface area contributed by atoms with Gasteiger partial charge in [0.2, 0.25) is 0 Å². The summed E-state index contributed by atoms with van der Waals surface area (Å²) in [6.07, 6.45) is 6.68. The van der Waals surface area contributed by atoms with Crippen LogP contribution in [0.5, 0.6) is 0 Å². The molecule has 1 aromatic carbocycles. The Morgan fingerprint density at radius 2 is 1.80 bits per heavy atom. The van der Waals surface area contributed by atoms with Crippen molar-refractivity contribution in [2.45, 2.75) is 65.5 Å². The molecule has 1 aliphatic rings. The van der Waals surface area contributed by atoms with Gasteiger partial charge in [0.15, 0.2) is 0 Å². The molecule has 110 valence electrons. The van der Waals surface area contributed by atoms with Gasteiger partial charge < -0.3 is 0 Å². The lowest BCUT2D eigenvalue weighted by Gasteiger charge is -2.37. The summed E-state index contributed by atoms with van der Waals surface area (Å²) in [7, 11) is 0. The number of hydrogen-bond acceptors (Lipinski definition) is 1. The quantitative estimate of drug-likeness (QED) is 0.509. The van der Waals surface area contributed by atoms with Gasteiger partial charge in [0.25, 0.3) is 0 Å². The number of benzene rings is 1. The lowest BCUT2D eigenvalue weighted by atomic mass is 9.92. The minimum atomic E-state index is 0.741. The molecule has 2 rings (SSSR count). The Bertz CT molecular complexity index is 432. The van der Waals surface area contributed by atoms with Crippen LogP contribution in [0.2, 0.25) is 0 Å². The Morgan fingerprint density at radius 1 is 1.05 bits per heavy atom. The molecule has 0 aliphatic carbocycles. The van der Waals surface area contributed by atoms with Crippen molar-refractivity contribution in [2.75, 3.05) is 6.54 Å². The van der Waals surface area contributed by atoms with Crippen LogP contribution in [0.4, 0.5) is 0 Å². The molecule has 0 radical (unpaired) electrons. The van der Waals surface area contributed by atoms with Gasteiger partial charge in [-0.2, -0.15) is 0 Å². The van der Waals surface area contributed by atoms with Gasteiger partial charge in [-0.05, 0) is 32.3 Å². The monoisotopic (exact) mass is 271 g/mol. The molecule has 0 amide bonds. The third-order valence-corrected chi connectivity index (χ3v) is 4.60. The largest absolute Gasteiger partial charge is 0.292 e. The van der Waals surface area contributed by atoms with Crippen molar-refractivity contribution >= 4 is 0 Å². The zero-order valence-corrected chi connectivity index (χ0v) is 13.4. The molecule has 0 saturated heterocycles. The van der Waals surface area contributed by atoms with E-state index in [-0.39, 0.29) is 0 Å². The van der Waals surface area contributed by atoms with Gasteiger partial charge in [-0.1, -0.05) is 67.7 Å². The van der Waals surface area contributed by atoms with Gasteiger partial charge in [-0.15, -0.1) is 0 Å². The Kier molecular flexibility index (Phi) is 5.85. The lowest BCUT2D eigenvalue weighted by Crippen LogP contribution is -2.39. The molecule has 0 saturated carbocycles. The molecule has 1 heterocycles. The van der Waals surface area contributed by atoms with Gasteiger partial charge in [-0.25, -0.2) is 0 Å². The number of unbranched alkanes of at least 4 members (excludes halogenated alkanes) is 2. The zero-order valence-electron chi connectivity index (χ0n) is 13.4. The Hall–Kier alpha value is -1.08. The van der Waals surface area contributed by atoms with E-state index in [9.17, 15) is 0 Å². The van der Waals surface area contributed by atoms with Crippen LogP contribution in [-0.2, 0) is 6.54 Å². The molecule has 0 N–H and O–H groups in total. The second-order valence-electron chi connectivity index (χ2n) is 6.30. The highest BCUT2D eigenvalue weighted by Crippen LogP contribution is 2.27. The lowest BCUT2D eigenvalue weighted by molar-refractivity contribution is 0.175. The van der Waals surface area contributed by atoms with Gasteiger partial charge in [0.05, 0.1) is 0 Å². The highest BCUT2D eigenvalue weighted by atomic mass is 15.2. The summed E-state index contributed by atoms with van der Waals surface area (Å²) in [5, 5.41) is 0. The second kappa shape index (κ2) is 7.64. The molecule has 1 nitrogen and oxygen atoms in total. The Balaban J connectivity index is 2.02. The molecule has 0 spiro atoms. The topological polar surface area (TPSA) is 3.24 Å². The van der Waals surface area contributed by atoms with E-state index in [2.05, 4.69) is 56.0 Å². The first-order chi connectivity index (χ1) is 9.70. The average molecular weight is 271 g/mol. The molecule has 1 aromatic rings. The highest BCUT2D eigenvalue weighted by Gasteiger charge is 2.24. The van der Waals surface area contributed by atoms with E-state index in [1.54, 1.807) is 11.1 Å². The van der Waals surface area contributed by atoms with E-state index in [4.69, 9.17) is 0 Å². The van der Waals surface area contributed by atoms with Crippen LogP contribution in [0.1, 0.15) is 58.4 Å². The summed E-state index contributed by atoms with van der Waals surface area (Å²) in [5.41, 5.74) is 4.64.